The van der Waals surface area contributed by atoms with Gasteiger partial charge in [0.05, 0.1) is 11.5 Å². The summed E-state index contributed by atoms with van der Waals surface area (Å²) in [6.45, 7) is 2.10. The number of hydrogen-bond donors (Lipinski definition) is 2. The number of nitrogens with one attached hydrogen (secondary N) is 2. The van der Waals surface area contributed by atoms with E-state index in [1.165, 1.54) is 19.1 Å². The maximum Gasteiger partial charge on any atom is 0.289 e. The van der Waals surface area contributed by atoms with E-state index in [1.54, 1.807) is 17.0 Å². The largest absolute Gasteiger partial charge is 0.376 e. The highest BCUT2D eigenvalue weighted by molar-refractivity contribution is 6.32. The molecule has 9 heteroatoms. The second kappa shape index (κ2) is 7.63. The van der Waals surface area contributed by atoms with E-state index >= 15 is 0 Å². The molecule has 3 rings (SSSR count). The van der Waals surface area contributed by atoms with Gasteiger partial charge in [0.25, 0.3) is 5.69 Å². The second-order valence-electron chi connectivity index (χ2n) is 6.09. The maximum atomic E-state index is 12.1. The number of nitrogens with zero attached hydrogens (tertiary/aromatic N) is 2. The fraction of sp³-hybridized carbons (Fsp3) is 0.222. The first-order chi connectivity index (χ1) is 12.8. The van der Waals surface area contributed by atoms with Gasteiger partial charge in [-0.05, 0) is 42.3 Å². The molecule has 0 unspecified atom stereocenters. The van der Waals surface area contributed by atoms with Gasteiger partial charge in [0, 0.05) is 36.6 Å². The van der Waals surface area contributed by atoms with Crippen LogP contribution in [0.3, 0.4) is 0 Å². The van der Waals surface area contributed by atoms with Crippen molar-refractivity contribution in [1.29, 1.82) is 0 Å². The highest BCUT2D eigenvalue weighted by Crippen LogP contribution is 2.30. The average molecular weight is 389 g/mol. The molecule has 0 bridgehead atoms. The fourth-order valence-corrected chi connectivity index (χ4v) is 3.14. The topological polar surface area (TPSA) is 105 Å². The molecule has 27 heavy (non-hydrogen) atoms. The molecule has 1 aliphatic heterocycles. The third kappa shape index (κ3) is 4.17. The highest BCUT2D eigenvalue weighted by Gasteiger charge is 2.22. The molecule has 0 aliphatic carbocycles. The summed E-state index contributed by atoms with van der Waals surface area (Å²) < 4.78 is 0. The highest BCUT2D eigenvalue weighted by atomic mass is 35.5. The van der Waals surface area contributed by atoms with Crippen LogP contribution in [0.15, 0.2) is 36.4 Å². The van der Waals surface area contributed by atoms with E-state index < -0.39 is 4.92 Å². The molecule has 0 fully saturated rings. The molecule has 0 saturated heterocycles. The third-order valence-corrected chi connectivity index (χ3v) is 4.55. The molecule has 0 atom stereocenters. The van der Waals surface area contributed by atoms with Gasteiger partial charge in [0.1, 0.15) is 5.02 Å². The Bertz CT molecular complexity index is 932. The van der Waals surface area contributed by atoms with Gasteiger partial charge in [-0.1, -0.05) is 11.6 Å². The molecule has 2 amide bonds. The lowest BCUT2D eigenvalue weighted by Gasteiger charge is -2.15. The molecule has 140 valence electrons. The third-order valence-electron chi connectivity index (χ3n) is 4.23. The minimum Gasteiger partial charge on any atom is -0.376 e. The lowest BCUT2D eigenvalue weighted by Crippen LogP contribution is -2.25. The number of carbonyl (C=O) groups is 2. The van der Waals surface area contributed by atoms with Crippen LogP contribution in [0, 0.1) is 10.1 Å². The molecule has 2 aromatic carbocycles. The Kier molecular flexibility index (Phi) is 5.27. The average Bonchev–Trinajstić information content (AvgIpc) is 3.04. The van der Waals surface area contributed by atoms with E-state index in [0.717, 1.165) is 17.7 Å². The summed E-state index contributed by atoms with van der Waals surface area (Å²) in [6, 6.07) is 9.65. The number of nitro groups is 1. The number of rotatable bonds is 5. The van der Waals surface area contributed by atoms with E-state index in [0.29, 0.717) is 17.9 Å². The molecule has 1 heterocycles. The van der Waals surface area contributed by atoms with Crippen molar-refractivity contribution in [2.75, 3.05) is 28.6 Å². The molecule has 0 spiro atoms. The minimum absolute atomic E-state index is 0.00760. The number of fused-ring (bicyclic) bond motifs is 1. The Hall–Kier alpha value is -3.13. The summed E-state index contributed by atoms with van der Waals surface area (Å²) >= 11 is 5.76. The summed E-state index contributed by atoms with van der Waals surface area (Å²) in [4.78, 5) is 35.7. The maximum absolute atomic E-state index is 12.1. The van der Waals surface area contributed by atoms with Gasteiger partial charge in [0.15, 0.2) is 0 Å². The monoisotopic (exact) mass is 388 g/mol. The van der Waals surface area contributed by atoms with Crippen LogP contribution in [0.4, 0.5) is 22.7 Å². The van der Waals surface area contributed by atoms with Crippen molar-refractivity contribution >= 4 is 46.2 Å². The Labute approximate surface area is 160 Å². The Morgan fingerprint density at radius 1 is 1.22 bits per heavy atom. The van der Waals surface area contributed by atoms with Gasteiger partial charge in [-0.15, -0.1) is 0 Å². The molecule has 2 aromatic rings. The van der Waals surface area contributed by atoms with E-state index in [4.69, 9.17) is 11.6 Å². The molecular formula is C18H17ClN4O4. The van der Waals surface area contributed by atoms with Crippen LogP contribution >= 0.6 is 11.6 Å². The molecule has 0 radical (unpaired) electrons. The van der Waals surface area contributed by atoms with Gasteiger partial charge in [-0.3, -0.25) is 19.7 Å². The van der Waals surface area contributed by atoms with Crippen molar-refractivity contribution in [1.82, 2.24) is 0 Å². The van der Waals surface area contributed by atoms with Crippen LogP contribution in [0.1, 0.15) is 12.5 Å². The van der Waals surface area contributed by atoms with Crippen molar-refractivity contribution in [2.45, 2.75) is 13.3 Å². The fourth-order valence-electron chi connectivity index (χ4n) is 2.96. The van der Waals surface area contributed by atoms with Crippen LogP contribution < -0.4 is 15.5 Å². The number of hydrogen-bond acceptors (Lipinski definition) is 5. The normalized spacial score (nSPS) is 12.4. The zero-order valence-electron chi connectivity index (χ0n) is 14.5. The van der Waals surface area contributed by atoms with Crippen molar-refractivity contribution in [2.24, 2.45) is 0 Å². The lowest BCUT2D eigenvalue weighted by atomic mass is 10.1. The van der Waals surface area contributed by atoms with E-state index in [2.05, 4.69) is 10.6 Å². The Morgan fingerprint density at radius 3 is 2.67 bits per heavy atom. The Morgan fingerprint density at radius 2 is 1.96 bits per heavy atom. The first-order valence-electron chi connectivity index (χ1n) is 8.24. The van der Waals surface area contributed by atoms with Crippen molar-refractivity contribution in [3.63, 3.8) is 0 Å². The van der Waals surface area contributed by atoms with Gasteiger partial charge in [-0.2, -0.15) is 0 Å². The van der Waals surface area contributed by atoms with Crippen molar-refractivity contribution < 1.29 is 14.5 Å². The van der Waals surface area contributed by atoms with Crippen LogP contribution in [-0.4, -0.2) is 29.8 Å². The van der Waals surface area contributed by atoms with Crippen LogP contribution in [0.25, 0.3) is 0 Å². The summed E-state index contributed by atoms with van der Waals surface area (Å²) in [6.07, 6.45) is 0.741. The predicted octanol–water partition coefficient (Wildman–Crippen LogP) is 3.21. The van der Waals surface area contributed by atoms with E-state index in [1.807, 2.05) is 12.1 Å². The summed E-state index contributed by atoms with van der Waals surface area (Å²) in [5.41, 5.74) is 2.70. The van der Waals surface area contributed by atoms with Gasteiger partial charge < -0.3 is 15.5 Å². The standard InChI is InChI=1S/C18H17ClN4O4/c1-11(24)22-7-6-12-8-14(3-5-16(12)22)21-18(25)10-20-13-2-4-15(19)17(9-13)23(26)27/h2-5,8-9,20H,6-7,10H2,1H3,(H,21,25). The molecule has 1 aliphatic rings. The van der Waals surface area contributed by atoms with E-state index in [-0.39, 0.29) is 29.1 Å². The number of amides is 2. The number of benzene rings is 2. The Balaban J connectivity index is 1.61. The summed E-state index contributed by atoms with van der Waals surface area (Å²) in [5, 5.41) is 16.5. The molecule has 0 aromatic heterocycles. The minimum atomic E-state index is -0.581. The molecule has 2 N–H and O–H groups in total. The smallest absolute Gasteiger partial charge is 0.289 e. The summed E-state index contributed by atoms with van der Waals surface area (Å²) in [7, 11) is 0. The van der Waals surface area contributed by atoms with Gasteiger partial charge >= 0.3 is 0 Å². The first-order valence-corrected chi connectivity index (χ1v) is 8.61. The number of halogens is 1. The van der Waals surface area contributed by atoms with Crippen molar-refractivity contribution in [3.05, 3.63) is 57.1 Å². The molecule has 8 nitrogen and oxygen atoms in total. The zero-order chi connectivity index (χ0) is 19.6. The first kappa shape index (κ1) is 18.7. The lowest BCUT2D eigenvalue weighted by molar-refractivity contribution is -0.384. The second-order valence-corrected chi connectivity index (χ2v) is 6.50. The number of anilines is 3. The number of carbonyl (C=O) groups excluding carboxylic acids is 2. The number of nitro benzene ring substituents is 1. The van der Waals surface area contributed by atoms with Gasteiger partial charge in [0.2, 0.25) is 11.8 Å². The van der Waals surface area contributed by atoms with Gasteiger partial charge in [-0.25, -0.2) is 0 Å². The quantitative estimate of drug-likeness (QED) is 0.604. The molecular weight excluding hydrogens is 372 g/mol. The SMILES string of the molecule is CC(=O)N1CCc2cc(NC(=O)CNc3ccc(Cl)c([N+](=O)[O-])c3)ccc21. The predicted molar refractivity (Wildman–Crippen MR) is 103 cm³/mol. The molecule has 0 saturated carbocycles. The zero-order valence-corrected chi connectivity index (χ0v) is 15.2. The van der Waals surface area contributed by atoms with Crippen molar-refractivity contribution in [3.8, 4) is 0 Å². The summed E-state index contributed by atoms with van der Waals surface area (Å²) in [5.74, 6) is -0.305. The van der Waals surface area contributed by atoms with Crippen LogP contribution in [-0.2, 0) is 16.0 Å². The van der Waals surface area contributed by atoms with E-state index in [9.17, 15) is 19.7 Å². The van der Waals surface area contributed by atoms with Crippen LogP contribution in [0.2, 0.25) is 5.02 Å². The van der Waals surface area contributed by atoms with Crippen LogP contribution in [0.5, 0.6) is 0 Å².